The molecule has 1 atom stereocenters. The van der Waals surface area contributed by atoms with Gasteiger partial charge in [0.25, 0.3) is 0 Å². The fraction of sp³-hybridized carbons (Fsp3) is 0.238. The van der Waals surface area contributed by atoms with E-state index in [9.17, 15) is 13.5 Å². The van der Waals surface area contributed by atoms with Gasteiger partial charge in [-0.1, -0.05) is 24.3 Å². The molecule has 0 aliphatic carbocycles. The maximum atomic E-state index is 13.6. The Hall–Kier alpha value is -2.32. The average molecular weight is 399 g/mol. The van der Waals surface area contributed by atoms with Crippen molar-refractivity contribution in [2.75, 3.05) is 12.3 Å². The van der Waals surface area contributed by atoms with Gasteiger partial charge in [0.05, 0.1) is 11.8 Å². The van der Waals surface area contributed by atoms with Crippen LogP contribution in [0, 0.1) is 5.82 Å². The molecule has 3 heterocycles. The third kappa shape index (κ3) is 3.79. The minimum absolute atomic E-state index is 0.239. The molecule has 0 bridgehead atoms. The van der Waals surface area contributed by atoms with Crippen LogP contribution in [0.15, 0.2) is 73.3 Å². The van der Waals surface area contributed by atoms with Crippen LogP contribution in [0.3, 0.4) is 0 Å². The van der Waals surface area contributed by atoms with Crippen molar-refractivity contribution >= 4 is 10.8 Å². The predicted molar refractivity (Wildman–Crippen MR) is 108 cm³/mol. The highest BCUT2D eigenvalue weighted by molar-refractivity contribution is 8.22. The van der Waals surface area contributed by atoms with E-state index in [1.165, 1.54) is 12.1 Å². The van der Waals surface area contributed by atoms with E-state index in [4.69, 9.17) is 0 Å². The normalized spacial score (nSPS) is 18.9. The molecule has 0 spiro atoms. The highest BCUT2D eigenvalue weighted by Crippen LogP contribution is 2.57. The summed E-state index contributed by atoms with van der Waals surface area (Å²) in [5.74, 6) is -0.218. The molecule has 7 heteroatoms. The van der Waals surface area contributed by atoms with Crippen LogP contribution in [-0.2, 0) is 0 Å². The summed E-state index contributed by atoms with van der Waals surface area (Å²) in [7, 11) is -2.91. The molecule has 28 heavy (non-hydrogen) atoms. The Bertz CT molecular complexity index is 870. The van der Waals surface area contributed by atoms with Crippen LogP contribution in [-0.4, -0.2) is 35.7 Å². The number of hydrogen-bond donors (Lipinski definition) is 2. The monoisotopic (exact) mass is 399 g/mol. The molecule has 1 unspecified atom stereocenters. The molecule has 0 radical (unpaired) electrons. The Morgan fingerprint density at radius 1 is 0.893 bits per heavy atom. The SMILES string of the molecule is OS1(O)CCCN1C(c1ccc(F)cc1)C(c1cccnc1)c1cccnc1. The van der Waals surface area contributed by atoms with E-state index in [2.05, 4.69) is 9.97 Å². The Morgan fingerprint density at radius 2 is 1.50 bits per heavy atom. The van der Waals surface area contributed by atoms with Gasteiger partial charge < -0.3 is 0 Å². The molecule has 0 saturated carbocycles. The Kier molecular flexibility index (Phi) is 5.41. The molecule has 1 fully saturated rings. The van der Waals surface area contributed by atoms with Crippen LogP contribution in [0.25, 0.3) is 0 Å². The minimum Gasteiger partial charge on any atom is -0.285 e. The Balaban J connectivity index is 1.89. The number of halogens is 1. The molecule has 1 saturated heterocycles. The van der Waals surface area contributed by atoms with Gasteiger partial charge in [0, 0.05) is 37.3 Å². The summed E-state index contributed by atoms with van der Waals surface area (Å²) in [5.41, 5.74) is 2.69. The molecular formula is C21H22FN3O2S. The molecule has 3 aromatic rings. The standard InChI is InChI=1S/C21H22FN3O2S/c22-19-8-6-16(7-9-19)21(25-12-3-13-28(25,26)27)20(17-4-1-10-23-14-17)18-5-2-11-24-15-18/h1-2,4-11,14-15,20-21,26-27H,3,12-13H2. The van der Waals surface area contributed by atoms with Crippen molar-refractivity contribution in [3.8, 4) is 0 Å². The van der Waals surface area contributed by atoms with Gasteiger partial charge in [0.2, 0.25) is 0 Å². The fourth-order valence-electron chi connectivity index (χ4n) is 3.86. The van der Waals surface area contributed by atoms with Gasteiger partial charge in [-0.25, -0.2) is 4.39 Å². The number of nitrogens with zero attached hydrogens (tertiary/aromatic N) is 3. The van der Waals surface area contributed by atoms with Crippen molar-refractivity contribution in [1.29, 1.82) is 0 Å². The lowest BCUT2D eigenvalue weighted by Crippen LogP contribution is -2.33. The fourth-order valence-corrected chi connectivity index (χ4v) is 5.64. The zero-order chi connectivity index (χ0) is 19.6. The zero-order valence-electron chi connectivity index (χ0n) is 15.2. The number of hydrogen-bond acceptors (Lipinski definition) is 5. The number of benzene rings is 1. The van der Waals surface area contributed by atoms with Gasteiger partial charge in [0.15, 0.2) is 0 Å². The third-order valence-electron chi connectivity index (χ3n) is 5.10. The van der Waals surface area contributed by atoms with Crippen LogP contribution in [0.5, 0.6) is 0 Å². The highest BCUT2D eigenvalue weighted by Gasteiger charge is 2.41. The lowest BCUT2D eigenvalue weighted by atomic mass is 9.83. The number of pyridine rings is 2. The lowest BCUT2D eigenvalue weighted by molar-refractivity contribution is 0.288. The lowest BCUT2D eigenvalue weighted by Gasteiger charge is -2.45. The molecule has 2 aromatic heterocycles. The first kappa shape index (κ1) is 19.0. The second-order valence-electron chi connectivity index (χ2n) is 6.88. The van der Waals surface area contributed by atoms with E-state index < -0.39 is 10.8 Å². The van der Waals surface area contributed by atoms with Gasteiger partial charge in [-0.3, -0.25) is 19.1 Å². The van der Waals surface area contributed by atoms with Crippen LogP contribution in [0.2, 0.25) is 0 Å². The molecule has 2 N–H and O–H groups in total. The summed E-state index contributed by atoms with van der Waals surface area (Å²) in [6.07, 6.45) is 7.69. The van der Waals surface area contributed by atoms with Gasteiger partial charge in [-0.2, -0.15) is 4.31 Å². The highest BCUT2D eigenvalue weighted by atomic mass is 32.3. The number of rotatable bonds is 5. The summed E-state index contributed by atoms with van der Waals surface area (Å²) in [4.78, 5) is 8.53. The number of aromatic nitrogens is 2. The molecule has 146 valence electrons. The zero-order valence-corrected chi connectivity index (χ0v) is 16.0. The van der Waals surface area contributed by atoms with Crippen LogP contribution >= 0.6 is 10.8 Å². The van der Waals surface area contributed by atoms with E-state index in [1.807, 2.05) is 24.3 Å². The van der Waals surface area contributed by atoms with Crippen molar-refractivity contribution in [3.05, 3.63) is 95.8 Å². The topological polar surface area (TPSA) is 69.5 Å². The van der Waals surface area contributed by atoms with Crippen LogP contribution in [0.4, 0.5) is 4.39 Å². The Labute approximate surface area is 165 Å². The molecule has 0 amide bonds. The van der Waals surface area contributed by atoms with Crippen LogP contribution < -0.4 is 0 Å². The van der Waals surface area contributed by atoms with Crippen molar-refractivity contribution in [1.82, 2.24) is 14.3 Å². The van der Waals surface area contributed by atoms with Crippen molar-refractivity contribution in [2.24, 2.45) is 0 Å². The molecule has 1 aromatic carbocycles. The van der Waals surface area contributed by atoms with Gasteiger partial charge in [0.1, 0.15) is 5.82 Å². The first-order valence-corrected chi connectivity index (χ1v) is 10.8. The molecule has 5 nitrogen and oxygen atoms in total. The quantitative estimate of drug-likeness (QED) is 0.641. The molecule has 1 aliphatic heterocycles. The smallest absolute Gasteiger partial charge is 0.123 e. The second kappa shape index (κ2) is 7.97. The molecular weight excluding hydrogens is 377 g/mol. The summed E-state index contributed by atoms with van der Waals surface area (Å²) < 4.78 is 36.9. The summed E-state index contributed by atoms with van der Waals surface area (Å²) in [5, 5.41) is 0. The van der Waals surface area contributed by atoms with Gasteiger partial charge in [-0.05, 0) is 47.4 Å². The summed E-state index contributed by atoms with van der Waals surface area (Å²) in [6, 6.07) is 13.5. The van der Waals surface area contributed by atoms with Crippen LogP contribution in [0.1, 0.15) is 35.1 Å². The first-order valence-electron chi connectivity index (χ1n) is 9.14. The minimum atomic E-state index is -2.91. The average Bonchev–Trinajstić information content (AvgIpc) is 3.07. The molecule has 1 aliphatic rings. The van der Waals surface area contributed by atoms with E-state index in [-0.39, 0.29) is 17.8 Å². The third-order valence-corrected chi connectivity index (χ3v) is 7.09. The molecule has 4 rings (SSSR count). The van der Waals surface area contributed by atoms with Gasteiger partial charge >= 0.3 is 0 Å². The van der Waals surface area contributed by atoms with Crippen molar-refractivity contribution < 1.29 is 13.5 Å². The summed E-state index contributed by atoms with van der Waals surface area (Å²) >= 11 is 0. The Morgan fingerprint density at radius 3 is 1.96 bits per heavy atom. The van der Waals surface area contributed by atoms with E-state index >= 15 is 0 Å². The van der Waals surface area contributed by atoms with E-state index in [0.29, 0.717) is 18.7 Å². The summed E-state index contributed by atoms with van der Waals surface area (Å²) in [6.45, 7) is 0.557. The van der Waals surface area contributed by atoms with Crippen molar-refractivity contribution in [3.63, 3.8) is 0 Å². The van der Waals surface area contributed by atoms with E-state index in [1.54, 1.807) is 41.2 Å². The first-order chi connectivity index (χ1) is 13.6. The second-order valence-corrected chi connectivity index (χ2v) is 9.02. The maximum absolute atomic E-state index is 13.6. The van der Waals surface area contributed by atoms with E-state index in [0.717, 1.165) is 16.7 Å². The van der Waals surface area contributed by atoms with Crippen molar-refractivity contribution in [2.45, 2.75) is 18.4 Å². The van der Waals surface area contributed by atoms with Gasteiger partial charge in [-0.15, -0.1) is 10.8 Å². The maximum Gasteiger partial charge on any atom is 0.123 e. The largest absolute Gasteiger partial charge is 0.285 e. The predicted octanol–water partition coefficient (Wildman–Crippen LogP) is 4.86.